The summed E-state index contributed by atoms with van der Waals surface area (Å²) >= 11 is 0. The SMILES string of the molecule is N#Cc1ccc(NC2C(N)C3CCCOC32)c([N+](=O)[O-])c1. The van der Waals surface area contributed by atoms with E-state index < -0.39 is 4.92 Å². The van der Waals surface area contributed by atoms with E-state index in [-0.39, 0.29) is 29.4 Å². The fraction of sp³-hybridized carbons (Fsp3) is 0.500. The molecule has 4 atom stereocenters. The van der Waals surface area contributed by atoms with Crippen molar-refractivity contribution < 1.29 is 9.66 Å². The summed E-state index contributed by atoms with van der Waals surface area (Å²) in [6.07, 6.45) is 2.07. The molecule has 3 rings (SSSR count). The van der Waals surface area contributed by atoms with Gasteiger partial charge in [0, 0.05) is 24.6 Å². The second kappa shape index (κ2) is 5.31. The first kappa shape index (κ1) is 13.8. The summed E-state index contributed by atoms with van der Waals surface area (Å²) in [5.74, 6) is 0.327. The highest BCUT2D eigenvalue weighted by atomic mass is 16.6. The molecule has 2 fully saturated rings. The van der Waals surface area contributed by atoms with Gasteiger partial charge < -0.3 is 15.8 Å². The van der Waals surface area contributed by atoms with E-state index in [9.17, 15) is 10.1 Å². The van der Waals surface area contributed by atoms with Crippen molar-refractivity contribution in [1.29, 1.82) is 5.26 Å². The van der Waals surface area contributed by atoms with E-state index in [4.69, 9.17) is 15.7 Å². The van der Waals surface area contributed by atoms with Crippen molar-refractivity contribution in [2.45, 2.75) is 31.0 Å². The predicted molar refractivity (Wildman–Crippen MR) is 75.7 cm³/mol. The highest BCUT2D eigenvalue weighted by molar-refractivity contribution is 5.65. The number of hydrogen-bond donors (Lipinski definition) is 2. The third-order valence-electron chi connectivity index (χ3n) is 4.32. The van der Waals surface area contributed by atoms with Crippen molar-refractivity contribution in [2.24, 2.45) is 11.7 Å². The number of ether oxygens (including phenoxy) is 1. The van der Waals surface area contributed by atoms with Crippen LogP contribution in [0.25, 0.3) is 0 Å². The Morgan fingerprint density at radius 3 is 3.05 bits per heavy atom. The Labute approximate surface area is 121 Å². The number of nitrogens with zero attached hydrogens (tertiary/aromatic N) is 2. The monoisotopic (exact) mass is 288 g/mol. The van der Waals surface area contributed by atoms with Gasteiger partial charge in [-0.1, -0.05) is 0 Å². The number of nitro benzene ring substituents is 1. The number of rotatable bonds is 3. The van der Waals surface area contributed by atoms with E-state index in [2.05, 4.69) is 5.32 Å². The number of benzene rings is 1. The predicted octanol–water partition coefficient (Wildman–Crippen LogP) is 1.38. The Kier molecular flexibility index (Phi) is 3.49. The van der Waals surface area contributed by atoms with Gasteiger partial charge in [-0.3, -0.25) is 10.1 Å². The lowest BCUT2D eigenvalue weighted by atomic mass is 9.68. The fourth-order valence-corrected chi connectivity index (χ4v) is 3.18. The molecule has 7 nitrogen and oxygen atoms in total. The maximum Gasteiger partial charge on any atom is 0.293 e. The molecule has 1 aromatic rings. The zero-order valence-electron chi connectivity index (χ0n) is 11.4. The molecule has 7 heteroatoms. The van der Waals surface area contributed by atoms with Gasteiger partial charge in [0.05, 0.1) is 28.7 Å². The van der Waals surface area contributed by atoms with Crippen molar-refractivity contribution in [3.05, 3.63) is 33.9 Å². The van der Waals surface area contributed by atoms with Crippen molar-refractivity contribution in [2.75, 3.05) is 11.9 Å². The van der Waals surface area contributed by atoms with Gasteiger partial charge in [-0.05, 0) is 25.0 Å². The van der Waals surface area contributed by atoms with Gasteiger partial charge in [0.2, 0.25) is 0 Å². The van der Waals surface area contributed by atoms with Crippen LogP contribution in [0.15, 0.2) is 18.2 Å². The van der Waals surface area contributed by atoms with Gasteiger partial charge in [0.25, 0.3) is 5.69 Å². The van der Waals surface area contributed by atoms with Crippen molar-refractivity contribution in [1.82, 2.24) is 0 Å². The van der Waals surface area contributed by atoms with Gasteiger partial charge in [0.15, 0.2) is 0 Å². The van der Waals surface area contributed by atoms with Gasteiger partial charge in [0.1, 0.15) is 5.69 Å². The Morgan fingerprint density at radius 2 is 2.33 bits per heavy atom. The molecule has 0 radical (unpaired) electrons. The van der Waals surface area contributed by atoms with Crippen molar-refractivity contribution >= 4 is 11.4 Å². The molecule has 2 aliphatic rings. The molecular weight excluding hydrogens is 272 g/mol. The van der Waals surface area contributed by atoms with Gasteiger partial charge in [-0.2, -0.15) is 5.26 Å². The molecule has 4 unspecified atom stereocenters. The number of anilines is 1. The quantitative estimate of drug-likeness (QED) is 0.641. The van der Waals surface area contributed by atoms with Crippen LogP contribution in [0.3, 0.4) is 0 Å². The second-order valence-corrected chi connectivity index (χ2v) is 5.49. The second-order valence-electron chi connectivity index (χ2n) is 5.49. The zero-order valence-corrected chi connectivity index (χ0v) is 11.4. The molecule has 21 heavy (non-hydrogen) atoms. The van der Waals surface area contributed by atoms with Crippen molar-refractivity contribution in [3.63, 3.8) is 0 Å². The summed E-state index contributed by atoms with van der Waals surface area (Å²) in [6, 6.07) is 6.09. The molecule has 3 N–H and O–H groups in total. The Hall–Kier alpha value is -2.17. The molecule has 1 saturated heterocycles. The Bertz CT molecular complexity index is 613. The lowest BCUT2D eigenvalue weighted by Gasteiger charge is -2.52. The maximum atomic E-state index is 11.1. The third kappa shape index (κ3) is 2.33. The molecule has 0 amide bonds. The van der Waals surface area contributed by atoms with E-state index in [0.717, 1.165) is 12.8 Å². The summed E-state index contributed by atoms with van der Waals surface area (Å²) in [6.45, 7) is 0.710. The molecule has 1 aromatic carbocycles. The fourth-order valence-electron chi connectivity index (χ4n) is 3.18. The molecule has 0 spiro atoms. The first-order valence-electron chi connectivity index (χ1n) is 6.94. The molecule has 1 saturated carbocycles. The summed E-state index contributed by atoms with van der Waals surface area (Å²) in [7, 11) is 0. The average Bonchev–Trinajstić information content (AvgIpc) is 2.52. The number of hydrogen-bond acceptors (Lipinski definition) is 6. The van der Waals surface area contributed by atoms with Gasteiger partial charge in [-0.15, -0.1) is 0 Å². The summed E-state index contributed by atoms with van der Waals surface area (Å²) in [5.41, 5.74) is 6.67. The Morgan fingerprint density at radius 1 is 1.52 bits per heavy atom. The number of nitrogens with two attached hydrogens (primary N) is 1. The van der Waals surface area contributed by atoms with Gasteiger partial charge in [-0.25, -0.2) is 0 Å². The van der Waals surface area contributed by atoms with Crippen LogP contribution in [-0.4, -0.2) is 29.7 Å². The molecule has 1 heterocycles. The van der Waals surface area contributed by atoms with Crippen LogP contribution in [0.4, 0.5) is 11.4 Å². The molecule has 110 valence electrons. The number of nitro groups is 1. The van der Waals surface area contributed by atoms with Crippen molar-refractivity contribution in [3.8, 4) is 6.07 Å². The topological polar surface area (TPSA) is 114 Å². The lowest BCUT2D eigenvalue weighted by molar-refractivity contribution is -0.384. The van der Waals surface area contributed by atoms with Crippen LogP contribution in [0.2, 0.25) is 0 Å². The molecule has 1 aliphatic carbocycles. The number of fused-ring (bicyclic) bond motifs is 1. The lowest BCUT2D eigenvalue weighted by Crippen LogP contribution is -2.69. The first-order valence-corrected chi connectivity index (χ1v) is 6.94. The average molecular weight is 288 g/mol. The van der Waals surface area contributed by atoms with E-state index in [0.29, 0.717) is 18.2 Å². The zero-order chi connectivity index (χ0) is 15.0. The number of nitriles is 1. The summed E-state index contributed by atoms with van der Waals surface area (Å²) in [4.78, 5) is 10.6. The first-order chi connectivity index (χ1) is 10.1. The smallest absolute Gasteiger partial charge is 0.293 e. The van der Waals surface area contributed by atoms with Crippen LogP contribution < -0.4 is 11.1 Å². The largest absolute Gasteiger partial charge is 0.376 e. The Balaban J connectivity index is 1.82. The van der Waals surface area contributed by atoms with Crippen LogP contribution in [-0.2, 0) is 4.74 Å². The van der Waals surface area contributed by atoms with Crippen LogP contribution in [0.1, 0.15) is 18.4 Å². The molecule has 0 aromatic heterocycles. The van der Waals surface area contributed by atoms with E-state index >= 15 is 0 Å². The highest BCUT2D eigenvalue weighted by Gasteiger charge is 2.50. The maximum absolute atomic E-state index is 11.1. The molecule has 1 aliphatic heterocycles. The van der Waals surface area contributed by atoms with E-state index in [1.54, 1.807) is 12.1 Å². The van der Waals surface area contributed by atoms with Crippen LogP contribution >= 0.6 is 0 Å². The minimum atomic E-state index is -0.493. The minimum absolute atomic E-state index is 0.0176. The van der Waals surface area contributed by atoms with Gasteiger partial charge >= 0.3 is 0 Å². The summed E-state index contributed by atoms with van der Waals surface area (Å²) < 4.78 is 5.71. The standard InChI is InChI=1S/C14H16N4O3/c15-7-8-3-4-10(11(6-8)18(19)20)17-13-12(16)9-2-1-5-21-14(9)13/h3-4,6,9,12-14,17H,1-2,5,16H2. The summed E-state index contributed by atoms with van der Waals surface area (Å²) in [5, 5.41) is 23.1. The third-order valence-corrected chi connectivity index (χ3v) is 4.32. The highest BCUT2D eigenvalue weighted by Crippen LogP contribution is 2.39. The van der Waals surface area contributed by atoms with Crippen LogP contribution in [0, 0.1) is 27.4 Å². The van der Waals surface area contributed by atoms with E-state index in [1.807, 2.05) is 6.07 Å². The number of nitrogens with one attached hydrogen (secondary N) is 1. The molecule has 0 bridgehead atoms. The van der Waals surface area contributed by atoms with E-state index in [1.165, 1.54) is 6.07 Å². The normalized spacial score (nSPS) is 30.7. The van der Waals surface area contributed by atoms with Crippen LogP contribution in [0.5, 0.6) is 0 Å². The molecular formula is C14H16N4O3. The minimum Gasteiger partial charge on any atom is -0.376 e.